The zero-order chi connectivity index (χ0) is 12.7. The monoisotopic (exact) mass is 241 g/mol. The molecule has 17 heavy (non-hydrogen) atoms. The van der Waals surface area contributed by atoms with Gasteiger partial charge in [-0.25, -0.2) is 0 Å². The van der Waals surface area contributed by atoms with Crippen molar-refractivity contribution in [2.24, 2.45) is 11.8 Å². The molecule has 0 saturated heterocycles. The maximum Gasteiger partial charge on any atom is 0.0771 e. The van der Waals surface area contributed by atoms with E-state index < -0.39 is 5.60 Å². The zero-order valence-electron chi connectivity index (χ0n) is 12.0. The van der Waals surface area contributed by atoms with Gasteiger partial charge in [0.25, 0.3) is 0 Å². The molecule has 1 aliphatic rings. The van der Waals surface area contributed by atoms with Crippen LogP contribution in [-0.4, -0.2) is 23.8 Å². The first-order valence-electron chi connectivity index (χ1n) is 7.49. The van der Waals surface area contributed by atoms with Gasteiger partial charge >= 0.3 is 0 Å². The van der Waals surface area contributed by atoms with E-state index in [-0.39, 0.29) is 0 Å². The van der Waals surface area contributed by atoms with Crippen molar-refractivity contribution in [3.05, 3.63) is 0 Å². The van der Waals surface area contributed by atoms with Crippen molar-refractivity contribution < 1.29 is 5.11 Å². The minimum absolute atomic E-state index is 0.433. The van der Waals surface area contributed by atoms with E-state index >= 15 is 0 Å². The van der Waals surface area contributed by atoms with E-state index in [2.05, 4.69) is 26.1 Å². The van der Waals surface area contributed by atoms with Crippen LogP contribution in [0.3, 0.4) is 0 Å². The summed E-state index contributed by atoms with van der Waals surface area (Å²) in [6.45, 7) is 8.48. The third kappa shape index (κ3) is 5.87. The molecular weight excluding hydrogens is 210 g/mol. The van der Waals surface area contributed by atoms with Crippen LogP contribution in [0.1, 0.15) is 65.7 Å². The highest BCUT2D eigenvalue weighted by Gasteiger charge is 2.30. The molecule has 2 unspecified atom stereocenters. The number of hydrogen-bond donors (Lipinski definition) is 2. The maximum atomic E-state index is 10.6. The molecule has 0 bridgehead atoms. The van der Waals surface area contributed by atoms with Gasteiger partial charge in [0.2, 0.25) is 0 Å². The smallest absolute Gasteiger partial charge is 0.0771 e. The summed E-state index contributed by atoms with van der Waals surface area (Å²) >= 11 is 0. The van der Waals surface area contributed by atoms with Crippen LogP contribution in [0, 0.1) is 11.8 Å². The summed E-state index contributed by atoms with van der Waals surface area (Å²) < 4.78 is 0. The molecule has 2 heteroatoms. The van der Waals surface area contributed by atoms with Crippen LogP contribution in [0.5, 0.6) is 0 Å². The molecule has 0 aliphatic heterocycles. The highest BCUT2D eigenvalue weighted by Crippen LogP contribution is 2.32. The van der Waals surface area contributed by atoms with Gasteiger partial charge in [-0.1, -0.05) is 46.5 Å². The Morgan fingerprint density at radius 1 is 1.29 bits per heavy atom. The lowest BCUT2D eigenvalue weighted by molar-refractivity contribution is 0.0238. The lowest BCUT2D eigenvalue weighted by atomic mass is 9.92. The fourth-order valence-corrected chi connectivity index (χ4v) is 2.93. The van der Waals surface area contributed by atoms with Crippen LogP contribution in [-0.2, 0) is 0 Å². The molecule has 1 rings (SSSR count). The van der Waals surface area contributed by atoms with Crippen LogP contribution >= 0.6 is 0 Å². The average Bonchev–Trinajstić information content (AvgIpc) is 2.42. The lowest BCUT2D eigenvalue weighted by Gasteiger charge is -2.27. The Hall–Kier alpha value is -0.0800. The quantitative estimate of drug-likeness (QED) is 0.699. The molecule has 2 nitrogen and oxygen atoms in total. The van der Waals surface area contributed by atoms with Crippen LogP contribution < -0.4 is 5.32 Å². The van der Waals surface area contributed by atoms with Crippen molar-refractivity contribution >= 4 is 0 Å². The Balaban J connectivity index is 2.32. The summed E-state index contributed by atoms with van der Waals surface area (Å²) in [4.78, 5) is 0. The molecular formula is C15H31NO. The standard InChI is InChI=1S/C15H31NO/c1-4-6-14-7-5-9-15(17,10-8-14)12-16-11-13(2)3/h13-14,16-17H,4-12H2,1-3H3. The molecule has 2 atom stereocenters. The second kappa shape index (κ2) is 7.38. The van der Waals surface area contributed by atoms with Gasteiger partial charge < -0.3 is 10.4 Å². The molecule has 1 saturated carbocycles. The molecule has 0 aromatic carbocycles. The van der Waals surface area contributed by atoms with Gasteiger partial charge in [0, 0.05) is 6.54 Å². The average molecular weight is 241 g/mol. The first-order chi connectivity index (χ1) is 8.06. The third-order valence-electron chi connectivity index (χ3n) is 3.98. The third-order valence-corrected chi connectivity index (χ3v) is 3.98. The van der Waals surface area contributed by atoms with E-state index in [4.69, 9.17) is 0 Å². The largest absolute Gasteiger partial charge is 0.389 e. The first-order valence-corrected chi connectivity index (χ1v) is 7.49. The normalized spacial score (nSPS) is 30.5. The van der Waals surface area contributed by atoms with Gasteiger partial charge in [-0.15, -0.1) is 0 Å². The van der Waals surface area contributed by atoms with Gasteiger partial charge in [0.15, 0.2) is 0 Å². The summed E-state index contributed by atoms with van der Waals surface area (Å²) in [5.74, 6) is 1.52. The molecule has 0 heterocycles. The molecule has 102 valence electrons. The molecule has 0 aromatic rings. The van der Waals surface area contributed by atoms with Crippen LogP contribution in [0.15, 0.2) is 0 Å². The van der Waals surface area contributed by atoms with Gasteiger partial charge in [0.05, 0.1) is 5.60 Å². The maximum absolute atomic E-state index is 10.6. The van der Waals surface area contributed by atoms with Gasteiger partial charge in [-0.2, -0.15) is 0 Å². The van der Waals surface area contributed by atoms with Crippen molar-refractivity contribution in [3.8, 4) is 0 Å². The highest BCUT2D eigenvalue weighted by molar-refractivity contribution is 4.85. The van der Waals surface area contributed by atoms with Crippen molar-refractivity contribution in [2.45, 2.75) is 71.3 Å². The minimum Gasteiger partial charge on any atom is -0.389 e. The van der Waals surface area contributed by atoms with Gasteiger partial charge in [0.1, 0.15) is 0 Å². The number of nitrogens with one attached hydrogen (secondary N) is 1. The van der Waals surface area contributed by atoms with Crippen LogP contribution in [0.2, 0.25) is 0 Å². The summed E-state index contributed by atoms with van der Waals surface area (Å²) in [7, 11) is 0. The van der Waals surface area contributed by atoms with Crippen LogP contribution in [0.4, 0.5) is 0 Å². The zero-order valence-corrected chi connectivity index (χ0v) is 12.0. The Kier molecular flexibility index (Phi) is 6.50. The van der Waals surface area contributed by atoms with E-state index in [1.807, 2.05) is 0 Å². The van der Waals surface area contributed by atoms with E-state index in [1.165, 1.54) is 32.1 Å². The molecule has 0 radical (unpaired) electrons. The van der Waals surface area contributed by atoms with E-state index in [9.17, 15) is 5.11 Å². The Morgan fingerprint density at radius 3 is 2.71 bits per heavy atom. The van der Waals surface area contributed by atoms with Crippen molar-refractivity contribution in [3.63, 3.8) is 0 Å². The predicted molar refractivity (Wildman–Crippen MR) is 74.1 cm³/mol. The molecule has 1 aliphatic carbocycles. The second-order valence-electron chi connectivity index (χ2n) is 6.33. The topological polar surface area (TPSA) is 32.3 Å². The van der Waals surface area contributed by atoms with Crippen LogP contribution in [0.25, 0.3) is 0 Å². The molecule has 0 aromatic heterocycles. The van der Waals surface area contributed by atoms with E-state index in [0.29, 0.717) is 5.92 Å². The van der Waals surface area contributed by atoms with E-state index in [0.717, 1.165) is 31.8 Å². The fraction of sp³-hybridized carbons (Fsp3) is 1.00. The summed E-state index contributed by atoms with van der Waals surface area (Å²) in [6.07, 6.45) is 8.34. The second-order valence-corrected chi connectivity index (χ2v) is 6.33. The molecule has 0 spiro atoms. The van der Waals surface area contributed by atoms with Crippen molar-refractivity contribution in [1.29, 1.82) is 0 Å². The predicted octanol–water partition coefficient (Wildman–Crippen LogP) is 3.34. The lowest BCUT2D eigenvalue weighted by Crippen LogP contribution is -2.41. The Bertz CT molecular complexity index is 205. The van der Waals surface area contributed by atoms with Crippen molar-refractivity contribution in [2.75, 3.05) is 13.1 Å². The number of hydrogen-bond acceptors (Lipinski definition) is 2. The minimum atomic E-state index is -0.433. The van der Waals surface area contributed by atoms with Gasteiger partial charge in [-0.3, -0.25) is 0 Å². The number of rotatable bonds is 6. The summed E-state index contributed by atoms with van der Waals surface area (Å²) in [5.41, 5.74) is -0.433. The Morgan fingerprint density at radius 2 is 2.06 bits per heavy atom. The summed E-state index contributed by atoms with van der Waals surface area (Å²) in [6, 6.07) is 0. The highest BCUT2D eigenvalue weighted by atomic mass is 16.3. The SMILES string of the molecule is CCCC1CCCC(O)(CNCC(C)C)CC1. The van der Waals surface area contributed by atoms with Crippen molar-refractivity contribution in [1.82, 2.24) is 5.32 Å². The first kappa shape index (κ1) is 15.0. The fourth-order valence-electron chi connectivity index (χ4n) is 2.93. The molecule has 0 amide bonds. The Labute approximate surface area is 107 Å². The molecule has 2 N–H and O–H groups in total. The molecule has 1 fully saturated rings. The number of aliphatic hydroxyl groups is 1. The summed E-state index contributed by atoms with van der Waals surface area (Å²) in [5, 5.41) is 14.0. The van der Waals surface area contributed by atoms with Gasteiger partial charge in [-0.05, 0) is 37.6 Å². The van der Waals surface area contributed by atoms with E-state index in [1.54, 1.807) is 0 Å².